The van der Waals surface area contributed by atoms with Crippen molar-refractivity contribution in [2.24, 2.45) is 0 Å². The largest absolute Gasteiger partial charge is 0.324 e. The van der Waals surface area contributed by atoms with Gasteiger partial charge in [-0.05, 0) is 44.4 Å². The number of anilines is 1. The molecule has 0 atom stereocenters. The van der Waals surface area contributed by atoms with E-state index in [-0.39, 0.29) is 5.91 Å². The maximum atomic E-state index is 12.2. The van der Waals surface area contributed by atoms with Gasteiger partial charge in [0.2, 0.25) is 5.91 Å². The molecule has 4 heteroatoms. The molecule has 0 unspecified atom stereocenters. The van der Waals surface area contributed by atoms with Crippen molar-refractivity contribution < 1.29 is 4.79 Å². The zero-order chi connectivity index (χ0) is 14.7. The second kappa shape index (κ2) is 6.06. The quantitative estimate of drug-likeness (QED) is 0.726. The number of nitrogens with one attached hydrogen (secondary N) is 1. The first-order valence-electron chi connectivity index (χ1n) is 6.60. The first kappa shape index (κ1) is 13.8. The molecule has 3 nitrogen and oxygen atoms in total. The number of carbonyl (C=O) groups is 1. The van der Waals surface area contributed by atoms with Gasteiger partial charge in [-0.15, -0.1) is 0 Å². The molecule has 0 saturated carbocycles. The predicted octanol–water partition coefficient (Wildman–Crippen LogP) is 4.18. The molecule has 0 bridgehead atoms. The summed E-state index contributed by atoms with van der Waals surface area (Å²) < 4.78 is 0.745. The number of fused-ring (bicyclic) bond motifs is 1. The highest BCUT2D eigenvalue weighted by atomic mass is 79.9. The summed E-state index contributed by atoms with van der Waals surface area (Å²) in [5.74, 6) is -0.0459. The highest BCUT2D eigenvalue weighted by Crippen LogP contribution is 2.19. The van der Waals surface area contributed by atoms with Crippen molar-refractivity contribution in [2.75, 3.05) is 5.32 Å². The van der Waals surface area contributed by atoms with E-state index in [1.165, 1.54) is 0 Å². The highest BCUT2D eigenvalue weighted by molar-refractivity contribution is 9.10. The Bertz CT molecular complexity index is 779. The molecule has 0 radical (unpaired) electrons. The van der Waals surface area contributed by atoms with Gasteiger partial charge >= 0.3 is 0 Å². The van der Waals surface area contributed by atoms with Gasteiger partial charge in [-0.3, -0.25) is 4.79 Å². The van der Waals surface area contributed by atoms with Crippen molar-refractivity contribution in [3.05, 3.63) is 71.0 Å². The van der Waals surface area contributed by atoms with Crippen LogP contribution in [0.2, 0.25) is 0 Å². The number of pyridine rings is 1. The second-order valence-corrected chi connectivity index (χ2v) is 5.55. The lowest BCUT2D eigenvalue weighted by Crippen LogP contribution is -2.14. The molecular weight excluding hydrogens is 328 g/mol. The van der Waals surface area contributed by atoms with Crippen LogP contribution in [0, 0.1) is 0 Å². The molecule has 0 saturated heterocycles. The molecule has 1 amide bonds. The molecule has 0 aliphatic carbocycles. The molecule has 0 spiro atoms. The summed E-state index contributed by atoms with van der Waals surface area (Å²) in [5.41, 5.74) is 1.72. The van der Waals surface area contributed by atoms with E-state index in [1.54, 1.807) is 12.3 Å². The fourth-order valence-corrected chi connectivity index (χ4v) is 2.51. The number of hydrogen-bond acceptors (Lipinski definition) is 2. The van der Waals surface area contributed by atoms with Gasteiger partial charge in [0.05, 0.1) is 18.3 Å². The SMILES string of the molecule is O=C(Cc1cccc2ccccc12)Nc1ccc(Br)nc1. The Hall–Kier alpha value is -2.20. The summed E-state index contributed by atoms with van der Waals surface area (Å²) in [4.78, 5) is 16.3. The van der Waals surface area contributed by atoms with E-state index < -0.39 is 0 Å². The molecule has 2 aromatic carbocycles. The molecule has 3 aromatic rings. The Kier molecular flexibility index (Phi) is 3.97. The second-order valence-electron chi connectivity index (χ2n) is 4.73. The van der Waals surface area contributed by atoms with Gasteiger partial charge in [0.25, 0.3) is 0 Å². The summed E-state index contributed by atoms with van der Waals surface area (Å²) in [6, 6.07) is 17.7. The Morgan fingerprint density at radius 1 is 1.05 bits per heavy atom. The Morgan fingerprint density at radius 2 is 1.86 bits per heavy atom. The average molecular weight is 341 g/mol. The third-order valence-electron chi connectivity index (χ3n) is 3.24. The lowest BCUT2D eigenvalue weighted by atomic mass is 10.0. The van der Waals surface area contributed by atoms with E-state index >= 15 is 0 Å². The van der Waals surface area contributed by atoms with Gasteiger partial charge in [-0.2, -0.15) is 0 Å². The standard InChI is InChI=1S/C17H13BrN2O/c18-16-9-8-14(11-19-16)20-17(21)10-13-6-3-5-12-4-1-2-7-15(12)13/h1-9,11H,10H2,(H,20,21). The van der Waals surface area contributed by atoms with Crippen molar-refractivity contribution in [2.45, 2.75) is 6.42 Å². The molecular formula is C17H13BrN2O. The van der Waals surface area contributed by atoms with Crippen molar-refractivity contribution in [1.82, 2.24) is 4.98 Å². The minimum absolute atomic E-state index is 0.0459. The Balaban J connectivity index is 1.79. The summed E-state index contributed by atoms with van der Waals surface area (Å²) in [7, 11) is 0. The molecule has 0 aliphatic heterocycles. The van der Waals surface area contributed by atoms with Crippen LogP contribution < -0.4 is 5.32 Å². The lowest BCUT2D eigenvalue weighted by Gasteiger charge is -2.07. The zero-order valence-electron chi connectivity index (χ0n) is 11.2. The molecule has 1 N–H and O–H groups in total. The minimum Gasteiger partial charge on any atom is -0.324 e. The summed E-state index contributed by atoms with van der Waals surface area (Å²) in [6.07, 6.45) is 1.97. The van der Waals surface area contributed by atoms with Gasteiger partial charge < -0.3 is 5.32 Å². The van der Waals surface area contributed by atoms with Gasteiger partial charge in [0.15, 0.2) is 0 Å². The number of halogens is 1. The van der Waals surface area contributed by atoms with Crippen molar-refractivity contribution in [1.29, 1.82) is 0 Å². The van der Waals surface area contributed by atoms with Crippen molar-refractivity contribution in [3.63, 3.8) is 0 Å². The van der Waals surface area contributed by atoms with E-state index in [4.69, 9.17) is 0 Å². The molecule has 21 heavy (non-hydrogen) atoms. The molecule has 104 valence electrons. The van der Waals surface area contributed by atoms with Crippen LogP contribution in [0.1, 0.15) is 5.56 Å². The molecule has 1 aromatic heterocycles. The van der Waals surface area contributed by atoms with E-state index in [2.05, 4.69) is 38.4 Å². The summed E-state index contributed by atoms with van der Waals surface area (Å²) in [5, 5.41) is 5.12. The van der Waals surface area contributed by atoms with Gasteiger partial charge in [-0.25, -0.2) is 4.98 Å². The van der Waals surface area contributed by atoms with Crippen LogP contribution in [0.5, 0.6) is 0 Å². The number of rotatable bonds is 3. The van der Waals surface area contributed by atoms with Crippen LogP contribution in [0.15, 0.2) is 65.4 Å². The summed E-state index contributed by atoms with van der Waals surface area (Å²) >= 11 is 3.27. The highest BCUT2D eigenvalue weighted by Gasteiger charge is 2.07. The molecule has 0 aliphatic rings. The Morgan fingerprint density at radius 3 is 2.67 bits per heavy atom. The first-order chi connectivity index (χ1) is 10.2. The number of nitrogens with zero attached hydrogens (tertiary/aromatic N) is 1. The van der Waals surface area contributed by atoms with Crippen LogP contribution in [0.3, 0.4) is 0 Å². The van der Waals surface area contributed by atoms with Crippen LogP contribution in [0.25, 0.3) is 10.8 Å². The molecule has 3 rings (SSSR count). The monoisotopic (exact) mass is 340 g/mol. The van der Waals surface area contributed by atoms with Crippen LogP contribution in [-0.4, -0.2) is 10.9 Å². The van der Waals surface area contributed by atoms with Crippen molar-refractivity contribution >= 4 is 38.3 Å². The lowest BCUT2D eigenvalue weighted by molar-refractivity contribution is -0.115. The number of carbonyl (C=O) groups excluding carboxylic acids is 1. The van der Waals surface area contributed by atoms with E-state index in [9.17, 15) is 4.79 Å². The van der Waals surface area contributed by atoms with E-state index in [0.717, 1.165) is 20.9 Å². The number of amides is 1. The average Bonchev–Trinajstić information content (AvgIpc) is 2.50. The normalized spacial score (nSPS) is 10.5. The fourth-order valence-electron chi connectivity index (χ4n) is 2.27. The summed E-state index contributed by atoms with van der Waals surface area (Å²) in [6.45, 7) is 0. The minimum atomic E-state index is -0.0459. The topological polar surface area (TPSA) is 42.0 Å². The van der Waals surface area contributed by atoms with Gasteiger partial charge in [0, 0.05) is 0 Å². The molecule has 0 fully saturated rings. The van der Waals surface area contributed by atoms with Gasteiger partial charge in [0.1, 0.15) is 4.60 Å². The third-order valence-corrected chi connectivity index (χ3v) is 3.71. The number of hydrogen-bond donors (Lipinski definition) is 1. The van der Waals surface area contributed by atoms with Crippen LogP contribution in [-0.2, 0) is 11.2 Å². The third kappa shape index (κ3) is 3.28. The van der Waals surface area contributed by atoms with Crippen LogP contribution in [0.4, 0.5) is 5.69 Å². The maximum absolute atomic E-state index is 12.2. The van der Waals surface area contributed by atoms with Gasteiger partial charge in [-0.1, -0.05) is 42.5 Å². The predicted molar refractivity (Wildman–Crippen MR) is 88.2 cm³/mol. The van der Waals surface area contributed by atoms with Crippen molar-refractivity contribution in [3.8, 4) is 0 Å². The van der Waals surface area contributed by atoms with E-state index in [0.29, 0.717) is 12.1 Å². The van der Waals surface area contributed by atoms with Crippen LogP contribution >= 0.6 is 15.9 Å². The maximum Gasteiger partial charge on any atom is 0.228 e. The molecule has 1 heterocycles. The first-order valence-corrected chi connectivity index (χ1v) is 7.40. The number of benzene rings is 2. The fraction of sp³-hybridized carbons (Fsp3) is 0.0588. The number of aromatic nitrogens is 1. The zero-order valence-corrected chi connectivity index (χ0v) is 12.8. The Labute approximate surface area is 131 Å². The van der Waals surface area contributed by atoms with E-state index in [1.807, 2.05) is 36.4 Å². The smallest absolute Gasteiger partial charge is 0.228 e.